The molecule has 0 aliphatic carbocycles. The fourth-order valence-electron chi connectivity index (χ4n) is 2.37. The van der Waals surface area contributed by atoms with E-state index in [1.807, 2.05) is 19.1 Å². The molecule has 0 aromatic heterocycles. The molecule has 0 saturated carbocycles. The minimum Gasteiger partial charge on any atom is -0.496 e. The fraction of sp³-hybridized carbons (Fsp3) is 0.571. The van der Waals surface area contributed by atoms with E-state index in [2.05, 4.69) is 6.92 Å². The monoisotopic (exact) mass is 251 g/mol. The van der Waals surface area contributed by atoms with Crippen molar-refractivity contribution >= 4 is 0 Å². The smallest absolute Gasteiger partial charge is 0.125 e. The molecule has 4 nitrogen and oxygen atoms in total. The van der Waals surface area contributed by atoms with Crippen molar-refractivity contribution in [2.75, 3.05) is 20.3 Å². The molecule has 1 aliphatic heterocycles. The third-order valence-corrected chi connectivity index (χ3v) is 3.18. The molecule has 0 bridgehead atoms. The van der Waals surface area contributed by atoms with Crippen molar-refractivity contribution < 1.29 is 14.2 Å². The van der Waals surface area contributed by atoms with Gasteiger partial charge >= 0.3 is 0 Å². The van der Waals surface area contributed by atoms with Crippen LogP contribution in [0, 0.1) is 0 Å². The van der Waals surface area contributed by atoms with Crippen LogP contribution in [-0.2, 0) is 11.2 Å². The van der Waals surface area contributed by atoms with E-state index in [1.165, 1.54) is 5.56 Å². The van der Waals surface area contributed by atoms with E-state index in [9.17, 15) is 0 Å². The van der Waals surface area contributed by atoms with E-state index >= 15 is 0 Å². The molecule has 4 heteroatoms. The van der Waals surface area contributed by atoms with Crippen LogP contribution in [0.15, 0.2) is 12.1 Å². The van der Waals surface area contributed by atoms with Gasteiger partial charge in [0.1, 0.15) is 17.6 Å². The van der Waals surface area contributed by atoms with Crippen LogP contribution in [0.3, 0.4) is 0 Å². The summed E-state index contributed by atoms with van der Waals surface area (Å²) in [5.41, 5.74) is 7.92. The largest absolute Gasteiger partial charge is 0.496 e. The van der Waals surface area contributed by atoms with Gasteiger partial charge in [0.15, 0.2) is 0 Å². The van der Waals surface area contributed by atoms with Crippen LogP contribution in [0.4, 0.5) is 0 Å². The van der Waals surface area contributed by atoms with Gasteiger partial charge in [-0.25, -0.2) is 0 Å². The Morgan fingerprint density at radius 1 is 1.50 bits per heavy atom. The predicted octanol–water partition coefficient (Wildman–Crippen LogP) is 2.05. The number of rotatable bonds is 5. The zero-order chi connectivity index (χ0) is 13.1. The summed E-state index contributed by atoms with van der Waals surface area (Å²) in [5, 5.41) is 0. The molecule has 100 valence electrons. The molecule has 0 amide bonds. The van der Waals surface area contributed by atoms with Crippen molar-refractivity contribution in [3.05, 3.63) is 23.3 Å². The molecular formula is C14H21NO3. The summed E-state index contributed by atoms with van der Waals surface area (Å²) in [4.78, 5) is 0. The summed E-state index contributed by atoms with van der Waals surface area (Å²) < 4.78 is 16.9. The maximum Gasteiger partial charge on any atom is 0.125 e. The van der Waals surface area contributed by atoms with E-state index in [1.54, 1.807) is 7.11 Å². The van der Waals surface area contributed by atoms with Crippen molar-refractivity contribution in [3.63, 3.8) is 0 Å². The molecule has 0 radical (unpaired) electrons. The molecule has 2 N–H and O–H groups in total. The van der Waals surface area contributed by atoms with E-state index in [-0.39, 0.29) is 12.2 Å². The molecule has 0 fully saturated rings. The van der Waals surface area contributed by atoms with E-state index < -0.39 is 0 Å². The first kappa shape index (κ1) is 13.2. The Kier molecular flexibility index (Phi) is 4.09. The molecule has 1 heterocycles. The normalized spacial score (nSPS) is 19.2. The highest BCUT2D eigenvalue weighted by Crippen LogP contribution is 2.38. The first-order chi connectivity index (χ1) is 8.69. The van der Waals surface area contributed by atoms with E-state index in [4.69, 9.17) is 19.9 Å². The summed E-state index contributed by atoms with van der Waals surface area (Å²) in [6.07, 6.45) is 1.01. The van der Waals surface area contributed by atoms with Crippen LogP contribution in [-0.4, -0.2) is 26.4 Å². The lowest BCUT2D eigenvalue weighted by molar-refractivity contribution is 0.0668. The fourth-order valence-corrected chi connectivity index (χ4v) is 2.37. The van der Waals surface area contributed by atoms with E-state index in [0.717, 1.165) is 23.5 Å². The number of methoxy groups -OCH3 is 1. The Balaban J connectivity index is 2.37. The van der Waals surface area contributed by atoms with Crippen LogP contribution < -0.4 is 15.2 Å². The molecular weight excluding hydrogens is 230 g/mol. The highest BCUT2D eigenvalue weighted by molar-refractivity contribution is 5.49. The van der Waals surface area contributed by atoms with Crippen LogP contribution in [0.25, 0.3) is 0 Å². The molecule has 0 saturated heterocycles. The number of nitrogens with two attached hydrogens (primary N) is 1. The summed E-state index contributed by atoms with van der Waals surface area (Å²) >= 11 is 0. The average Bonchev–Trinajstić information content (AvgIpc) is 2.73. The zero-order valence-corrected chi connectivity index (χ0v) is 11.2. The quantitative estimate of drug-likeness (QED) is 0.870. The average molecular weight is 251 g/mol. The van der Waals surface area contributed by atoms with Crippen molar-refractivity contribution in [3.8, 4) is 11.5 Å². The molecule has 2 atom stereocenters. The minimum atomic E-state index is -0.144. The van der Waals surface area contributed by atoms with Gasteiger partial charge in [-0.05, 0) is 26.0 Å². The number of benzene rings is 1. The van der Waals surface area contributed by atoms with Crippen LogP contribution in [0.1, 0.15) is 31.1 Å². The van der Waals surface area contributed by atoms with Gasteiger partial charge in [0.25, 0.3) is 0 Å². The summed E-state index contributed by atoms with van der Waals surface area (Å²) in [7, 11) is 1.67. The second kappa shape index (κ2) is 5.59. The van der Waals surface area contributed by atoms with Gasteiger partial charge in [0.2, 0.25) is 0 Å². The third kappa shape index (κ3) is 2.44. The summed E-state index contributed by atoms with van der Waals surface area (Å²) in [5.74, 6) is 1.76. The molecule has 2 rings (SSSR count). The lowest BCUT2D eigenvalue weighted by Gasteiger charge is -2.19. The Labute approximate surface area is 108 Å². The van der Waals surface area contributed by atoms with Crippen molar-refractivity contribution in [2.45, 2.75) is 32.5 Å². The van der Waals surface area contributed by atoms with Gasteiger partial charge in [0.05, 0.1) is 13.2 Å². The van der Waals surface area contributed by atoms with Gasteiger partial charge in [-0.3, -0.25) is 0 Å². The number of fused-ring (bicyclic) bond motifs is 1. The Morgan fingerprint density at radius 2 is 2.28 bits per heavy atom. The van der Waals surface area contributed by atoms with Crippen molar-refractivity contribution in [1.29, 1.82) is 0 Å². The van der Waals surface area contributed by atoms with Crippen LogP contribution >= 0.6 is 0 Å². The van der Waals surface area contributed by atoms with Gasteiger partial charge < -0.3 is 19.9 Å². The lowest BCUT2D eigenvalue weighted by Crippen LogP contribution is -2.16. The van der Waals surface area contributed by atoms with Gasteiger partial charge in [-0.1, -0.05) is 0 Å². The maximum absolute atomic E-state index is 5.77. The Bertz CT molecular complexity index is 420. The van der Waals surface area contributed by atoms with E-state index in [0.29, 0.717) is 13.2 Å². The number of hydrogen-bond acceptors (Lipinski definition) is 4. The first-order valence-electron chi connectivity index (χ1n) is 6.38. The topological polar surface area (TPSA) is 53.7 Å². The second-order valence-electron chi connectivity index (χ2n) is 4.51. The lowest BCUT2D eigenvalue weighted by atomic mass is 10.0. The predicted molar refractivity (Wildman–Crippen MR) is 70.2 cm³/mol. The van der Waals surface area contributed by atoms with Gasteiger partial charge in [-0.15, -0.1) is 0 Å². The summed E-state index contributed by atoms with van der Waals surface area (Å²) in [6, 6.07) is 4.04. The maximum atomic E-state index is 5.77. The van der Waals surface area contributed by atoms with Crippen LogP contribution in [0.2, 0.25) is 0 Å². The zero-order valence-electron chi connectivity index (χ0n) is 11.2. The van der Waals surface area contributed by atoms with Gasteiger partial charge in [0, 0.05) is 30.7 Å². The summed E-state index contributed by atoms with van der Waals surface area (Å²) in [6.45, 7) is 5.08. The third-order valence-electron chi connectivity index (χ3n) is 3.18. The highest BCUT2D eigenvalue weighted by Gasteiger charge is 2.24. The van der Waals surface area contributed by atoms with Crippen molar-refractivity contribution in [2.24, 2.45) is 5.73 Å². The number of ether oxygens (including phenoxy) is 3. The molecule has 1 aliphatic rings. The molecule has 1 aromatic rings. The van der Waals surface area contributed by atoms with Crippen molar-refractivity contribution in [1.82, 2.24) is 0 Å². The molecule has 1 aromatic carbocycles. The molecule has 2 unspecified atom stereocenters. The highest BCUT2D eigenvalue weighted by atomic mass is 16.5. The Morgan fingerprint density at radius 3 is 2.89 bits per heavy atom. The van der Waals surface area contributed by atoms with Crippen LogP contribution in [0.5, 0.6) is 11.5 Å². The van der Waals surface area contributed by atoms with Gasteiger partial charge in [-0.2, -0.15) is 0 Å². The standard InChI is InChI=1S/C14H21NO3/c1-4-17-14(8-15)11-7-12-10(5-9(2)18-12)6-13(11)16-3/h6-7,9,14H,4-5,8,15H2,1-3H3. The molecule has 0 spiro atoms. The SMILES string of the molecule is CCOC(CN)c1cc2c(cc1OC)CC(C)O2. The second-order valence-corrected chi connectivity index (χ2v) is 4.51. The first-order valence-corrected chi connectivity index (χ1v) is 6.38. The number of hydrogen-bond donors (Lipinski definition) is 1. The Hall–Kier alpha value is -1.26. The minimum absolute atomic E-state index is 0.144. The molecule has 18 heavy (non-hydrogen) atoms.